The molecule has 0 saturated heterocycles. The monoisotopic (exact) mass is 228 g/mol. The van der Waals surface area contributed by atoms with Crippen molar-refractivity contribution < 1.29 is 14.3 Å². The average Bonchev–Trinajstić information content (AvgIpc) is 2.21. The van der Waals surface area contributed by atoms with E-state index >= 15 is 0 Å². The maximum atomic E-state index is 11.2. The fourth-order valence-corrected chi connectivity index (χ4v) is 1.03. The summed E-state index contributed by atoms with van der Waals surface area (Å²) in [4.78, 5) is 22.2. The first-order valence-corrected chi connectivity index (χ1v) is 5.22. The van der Waals surface area contributed by atoms with Gasteiger partial charge in [-0.15, -0.1) is 0 Å². The number of carbonyl (C=O) groups excluding carboxylic acids is 2. The first kappa shape index (κ1) is 14.6. The summed E-state index contributed by atoms with van der Waals surface area (Å²) in [5.41, 5.74) is 0.527. The van der Waals surface area contributed by atoms with Crippen molar-refractivity contribution in [1.82, 2.24) is 10.6 Å². The van der Waals surface area contributed by atoms with Crippen LogP contribution in [0.4, 0.5) is 0 Å². The largest absolute Gasteiger partial charge is 0.466 e. The molecule has 92 valence electrons. The summed E-state index contributed by atoms with van der Waals surface area (Å²) >= 11 is 0. The molecule has 0 atom stereocenters. The smallest absolute Gasteiger partial charge is 0.333 e. The Kier molecular flexibility index (Phi) is 7.20. The zero-order valence-corrected chi connectivity index (χ0v) is 10.3. The van der Waals surface area contributed by atoms with Crippen LogP contribution in [0.3, 0.4) is 0 Å². The van der Waals surface area contributed by atoms with E-state index < -0.39 is 0 Å². The minimum atomic E-state index is -0.353. The summed E-state index contributed by atoms with van der Waals surface area (Å²) < 4.78 is 4.53. The highest BCUT2D eigenvalue weighted by molar-refractivity contribution is 5.87. The number of hydrogen-bond acceptors (Lipinski definition) is 4. The first-order valence-electron chi connectivity index (χ1n) is 5.22. The van der Waals surface area contributed by atoms with Crippen molar-refractivity contribution in [2.24, 2.45) is 0 Å². The van der Waals surface area contributed by atoms with Crippen LogP contribution in [0.1, 0.15) is 20.8 Å². The normalized spacial score (nSPS) is 11.4. The van der Waals surface area contributed by atoms with Crippen LogP contribution in [0.15, 0.2) is 11.6 Å². The number of carbonyl (C=O) groups is 2. The predicted octanol–water partition coefficient (Wildman–Crippen LogP) is 0.220. The lowest BCUT2D eigenvalue weighted by Gasteiger charge is -2.08. The van der Waals surface area contributed by atoms with E-state index in [1.54, 1.807) is 13.0 Å². The molecule has 0 bridgehead atoms. The number of amides is 1. The Morgan fingerprint density at radius 3 is 2.50 bits per heavy atom. The second-order valence-electron chi connectivity index (χ2n) is 3.73. The van der Waals surface area contributed by atoms with Gasteiger partial charge >= 0.3 is 5.97 Å². The Hall–Kier alpha value is -1.36. The molecule has 0 spiro atoms. The summed E-state index contributed by atoms with van der Waals surface area (Å²) in [6.45, 7) is 6.18. The van der Waals surface area contributed by atoms with Crippen molar-refractivity contribution in [2.45, 2.75) is 26.8 Å². The standard InChI is InChI=1S/C11H20N2O3/c1-8(2)13-10(14)7-12-6-5-9(3)11(15)16-4/h5,8,12H,6-7H2,1-4H3,(H,13,14). The predicted molar refractivity (Wildman–Crippen MR) is 61.9 cm³/mol. The van der Waals surface area contributed by atoms with Gasteiger partial charge in [0, 0.05) is 18.2 Å². The van der Waals surface area contributed by atoms with E-state index in [1.807, 2.05) is 13.8 Å². The summed E-state index contributed by atoms with van der Waals surface area (Å²) in [7, 11) is 1.34. The highest BCUT2D eigenvalue weighted by Crippen LogP contribution is 1.93. The molecule has 0 heterocycles. The molecule has 0 aromatic rings. The van der Waals surface area contributed by atoms with Crippen molar-refractivity contribution in [3.8, 4) is 0 Å². The van der Waals surface area contributed by atoms with E-state index in [0.717, 1.165) is 0 Å². The van der Waals surface area contributed by atoms with Crippen LogP contribution in [-0.2, 0) is 14.3 Å². The fourth-order valence-electron chi connectivity index (χ4n) is 1.03. The summed E-state index contributed by atoms with van der Waals surface area (Å²) in [6.07, 6.45) is 1.69. The second kappa shape index (κ2) is 7.87. The maximum Gasteiger partial charge on any atom is 0.333 e. The molecule has 0 aromatic heterocycles. The SMILES string of the molecule is COC(=O)C(C)=CCNCC(=O)NC(C)C. The summed E-state index contributed by atoms with van der Waals surface area (Å²) in [5.74, 6) is -0.410. The van der Waals surface area contributed by atoms with Crippen molar-refractivity contribution in [3.63, 3.8) is 0 Å². The summed E-state index contributed by atoms with van der Waals surface area (Å²) in [5, 5.41) is 5.66. The van der Waals surface area contributed by atoms with E-state index in [1.165, 1.54) is 7.11 Å². The molecule has 0 aliphatic carbocycles. The van der Waals surface area contributed by atoms with Gasteiger partial charge in [0.1, 0.15) is 0 Å². The van der Waals surface area contributed by atoms with Crippen LogP contribution in [0.25, 0.3) is 0 Å². The average molecular weight is 228 g/mol. The van der Waals surface area contributed by atoms with Crippen LogP contribution in [0, 0.1) is 0 Å². The quantitative estimate of drug-likeness (QED) is 0.388. The minimum absolute atomic E-state index is 0.0564. The van der Waals surface area contributed by atoms with Gasteiger partial charge in [0.2, 0.25) is 5.91 Å². The molecule has 0 aromatic carbocycles. The Balaban J connectivity index is 3.75. The lowest BCUT2D eigenvalue weighted by Crippen LogP contribution is -2.37. The van der Waals surface area contributed by atoms with E-state index in [9.17, 15) is 9.59 Å². The topological polar surface area (TPSA) is 67.4 Å². The molecule has 0 fully saturated rings. The number of rotatable bonds is 6. The third-order valence-electron chi connectivity index (χ3n) is 1.80. The third-order valence-corrected chi connectivity index (χ3v) is 1.80. The molecule has 0 rings (SSSR count). The molecule has 0 aliphatic rings. The van der Waals surface area contributed by atoms with Gasteiger partial charge in [0.25, 0.3) is 0 Å². The molecule has 0 radical (unpaired) electrons. The lowest BCUT2D eigenvalue weighted by molar-refractivity contribution is -0.136. The van der Waals surface area contributed by atoms with Crippen LogP contribution in [0.5, 0.6) is 0 Å². The second-order valence-corrected chi connectivity index (χ2v) is 3.73. The highest BCUT2D eigenvalue weighted by Gasteiger charge is 2.03. The Morgan fingerprint density at radius 1 is 1.38 bits per heavy atom. The van der Waals surface area contributed by atoms with Gasteiger partial charge in [-0.25, -0.2) is 4.79 Å². The van der Waals surface area contributed by atoms with Crippen LogP contribution >= 0.6 is 0 Å². The van der Waals surface area contributed by atoms with Crippen LogP contribution in [-0.4, -0.2) is 38.1 Å². The molecule has 0 saturated carbocycles. The molecular formula is C11H20N2O3. The van der Waals surface area contributed by atoms with Crippen molar-refractivity contribution in [2.75, 3.05) is 20.2 Å². The van der Waals surface area contributed by atoms with Gasteiger partial charge in [-0.1, -0.05) is 6.08 Å². The van der Waals surface area contributed by atoms with Gasteiger partial charge in [-0.3, -0.25) is 4.79 Å². The molecule has 0 aliphatic heterocycles. The van der Waals surface area contributed by atoms with Crippen molar-refractivity contribution in [3.05, 3.63) is 11.6 Å². The van der Waals surface area contributed by atoms with Gasteiger partial charge in [-0.05, 0) is 20.8 Å². The van der Waals surface area contributed by atoms with Crippen LogP contribution in [0.2, 0.25) is 0 Å². The minimum Gasteiger partial charge on any atom is -0.466 e. The highest BCUT2D eigenvalue weighted by atomic mass is 16.5. The zero-order chi connectivity index (χ0) is 12.6. The number of methoxy groups -OCH3 is 1. The zero-order valence-electron chi connectivity index (χ0n) is 10.3. The van der Waals surface area contributed by atoms with E-state index in [2.05, 4.69) is 15.4 Å². The summed E-state index contributed by atoms with van der Waals surface area (Å²) in [6, 6.07) is 0.140. The van der Waals surface area contributed by atoms with E-state index in [0.29, 0.717) is 12.1 Å². The molecule has 16 heavy (non-hydrogen) atoms. The molecule has 0 unspecified atom stereocenters. The number of hydrogen-bond donors (Lipinski definition) is 2. The molecule has 1 amide bonds. The van der Waals surface area contributed by atoms with Gasteiger partial charge < -0.3 is 15.4 Å². The fraction of sp³-hybridized carbons (Fsp3) is 0.636. The maximum absolute atomic E-state index is 11.2. The number of esters is 1. The third kappa shape index (κ3) is 7.00. The molecule has 5 heteroatoms. The molecule has 5 nitrogen and oxygen atoms in total. The Labute approximate surface area is 96.2 Å². The first-order chi connectivity index (χ1) is 7.47. The van der Waals surface area contributed by atoms with E-state index in [-0.39, 0.29) is 24.5 Å². The lowest BCUT2D eigenvalue weighted by atomic mass is 10.3. The van der Waals surface area contributed by atoms with Gasteiger partial charge in [0.05, 0.1) is 13.7 Å². The van der Waals surface area contributed by atoms with Crippen molar-refractivity contribution >= 4 is 11.9 Å². The Morgan fingerprint density at radius 2 is 2.00 bits per heavy atom. The van der Waals surface area contributed by atoms with Crippen LogP contribution < -0.4 is 10.6 Å². The van der Waals surface area contributed by atoms with E-state index in [4.69, 9.17) is 0 Å². The molecular weight excluding hydrogens is 208 g/mol. The van der Waals surface area contributed by atoms with Gasteiger partial charge in [0.15, 0.2) is 0 Å². The number of ether oxygens (including phenoxy) is 1. The van der Waals surface area contributed by atoms with Crippen molar-refractivity contribution in [1.29, 1.82) is 0 Å². The molecule has 2 N–H and O–H groups in total. The Bertz CT molecular complexity index is 272. The van der Waals surface area contributed by atoms with Gasteiger partial charge in [-0.2, -0.15) is 0 Å². The number of nitrogens with one attached hydrogen (secondary N) is 2.